The fraction of sp³-hybridized carbons (Fsp3) is 0.529. The minimum atomic E-state index is -0.437. The number of carbonyl (C=O) groups is 2. The van der Waals surface area contributed by atoms with Crippen molar-refractivity contribution in [3.8, 4) is 0 Å². The van der Waals surface area contributed by atoms with Gasteiger partial charge in [0.05, 0.1) is 18.1 Å². The van der Waals surface area contributed by atoms with E-state index < -0.39 is 5.41 Å². The Kier molecular flexibility index (Phi) is 4.60. The van der Waals surface area contributed by atoms with Crippen molar-refractivity contribution in [3.05, 3.63) is 34.9 Å². The minimum Gasteiger partial charge on any atom is -0.383 e. The maximum Gasteiger partial charge on any atom is 0.230 e. The zero-order valence-electron chi connectivity index (χ0n) is 13.2. The lowest BCUT2D eigenvalue weighted by molar-refractivity contribution is -0.128. The molecule has 0 aromatic heterocycles. The van der Waals surface area contributed by atoms with Crippen molar-refractivity contribution in [1.29, 1.82) is 0 Å². The Morgan fingerprint density at radius 2 is 2.09 bits per heavy atom. The zero-order valence-corrected chi connectivity index (χ0v) is 13.9. The predicted octanol–water partition coefficient (Wildman–Crippen LogP) is 1.74. The molecule has 0 radical (unpaired) electrons. The van der Waals surface area contributed by atoms with E-state index in [0.29, 0.717) is 31.1 Å². The smallest absolute Gasteiger partial charge is 0.230 e. The molecule has 5 nitrogen and oxygen atoms in total. The first-order chi connectivity index (χ1) is 11.0. The van der Waals surface area contributed by atoms with Crippen LogP contribution in [0.1, 0.15) is 24.8 Å². The van der Waals surface area contributed by atoms with Gasteiger partial charge in [0.1, 0.15) is 0 Å². The van der Waals surface area contributed by atoms with Gasteiger partial charge in [0.25, 0.3) is 0 Å². The van der Waals surface area contributed by atoms with E-state index in [1.165, 1.54) is 0 Å². The standard InChI is InChI=1S/C17H21ClN2O3/c1-23-9-8-20-11-14(10-15(20)21)19-16(22)17(6-7-17)12-2-4-13(18)5-3-12/h2-5,14H,6-11H2,1H3,(H,19,22). The predicted molar refractivity (Wildman–Crippen MR) is 87.4 cm³/mol. The molecule has 2 aliphatic rings. The third-order valence-electron chi connectivity index (χ3n) is 4.70. The number of methoxy groups -OCH3 is 1. The first-order valence-electron chi connectivity index (χ1n) is 7.89. The summed E-state index contributed by atoms with van der Waals surface area (Å²) in [5, 5.41) is 3.72. The van der Waals surface area contributed by atoms with Gasteiger partial charge in [0, 0.05) is 31.6 Å². The highest BCUT2D eigenvalue weighted by molar-refractivity contribution is 6.30. The average Bonchev–Trinajstić information content (AvgIpc) is 3.27. The number of nitrogens with zero attached hydrogens (tertiary/aromatic N) is 1. The van der Waals surface area contributed by atoms with Crippen LogP contribution in [0.25, 0.3) is 0 Å². The van der Waals surface area contributed by atoms with Crippen molar-refractivity contribution >= 4 is 23.4 Å². The van der Waals surface area contributed by atoms with Gasteiger partial charge < -0.3 is 15.0 Å². The molecule has 2 amide bonds. The van der Waals surface area contributed by atoms with E-state index >= 15 is 0 Å². The maximum atomic E-state index is 12.7. The molecular weight excluding hydrogens is 316 g/mol. The van der Waals surface area contributed by atoms with E-state index in [-0.39, 0.29) is 17.9 Å². The van der Waals surface area contributed by atoms with Gasteiger partial charge in [0.15, 0.2) is 0 Å². The number of halogens is 1. The number of ether oxygens (including phenoxy) is 1. The van der Waals surface area contributed by atoms with Crippen LogP contribution in [0.15, 0.2) is 24.3 Å². The van der Waals surface area contributed by atoms with Gasteiger partial charge in [-0.15, -0.1) is 0 Å². The molecule has 1 aromatic rings. The van der Waals surface area contributed by atoms with Crippen LogP contribution < -0.4 is 5.32 Å². The molecule has 3 rings (SSSR count). The van der Waals surface area contributed by atoms with Crippen LogP contribution in [0, 0.1) is 0 Å². The third-order valence-corrected chi connectivity index (χ3v) is 4.95. The summed E-state index contributed by atoms with van der Waals surface area (Å²) < 4.78 is 5.01. The molecule has 23 heavy (non-hydrogen) atoms. The Morgan fingerprint density at radius 3 is 2.70 bits per heavy atom. The van der Waals surface area contributed by atoms with Gasteiger partial charge in [-0.05, 0) is 30.5 Å². The molecule has 1 atom stereocenters. The first-order valence-corrected chi connectivity index (χ1v) is 8.27. The number of hydrogen-bond acceptors (Lipinski definition) is 3. The van der Waals surface area contributed by atoms with Gasteiger partial charge in [-0.1, -0.05) is 23.7 Å². The highest BCUT2D eigenvalue weighted by Crippen LogP contribution is 2.48. The van der Waals surface area contributed by atoms with Crippen LogP contribution in [0.2, 0.25) is 5.02 Å². The Balaban J connectivity index is 1.61. The molecule has 1 unspecified atom stereocenters. The van der Waals surface area contributed by atoms with Crippen molar-refractivity contribution < 1.29 is 14.3 Å². The fourth-order valence-electron chi connectivity index (χ4n) is 3.15. The Bertz CT molecular complexity index is 598. The summed E-state index contributed by atoms with van der Waals surface area (Å²) in [6.07, 6.45) is 2.05. The second-order valence-corrected chi connectivity index (χ2v) is 6.73. The largest absolute Gasteiger partial charge is 0.383 e. The van der Waals surface area contributed by atoms with E-state index in [0.717, 1.165) is 18.4 Å². The molecule has 6 heteroatoms. The van der Waals surface area contributed by atoms with Crippen LogP contribution in [0.3, 0.4) is 0 Å². The highest BCUT2D eigenvalue weighted by Gasteiger charge is 2.52. The van der Waals surface area contributed by atoms with Crippen LogP contribution >= 0.6 is 11.6 Å². The molecule has 1 heterocycles. The second-order valence-electron chi connectivity index (χ2n) is 6.30. The number of likely N-dealkylation sites (tertiary alicyclic amines) is 1. The van der Waals surface area contributed by atoms with Crippen molar-refractivity contribution in [2.24, 2.45) is 0 Å². The lowest BCUT2D eigenvalue weighted by Crippen LogP contribution is -2.43. The van der Waals surface area contributed by atoms with Crippen molar-refractivity contribution in [2.75, 3.05) is 26.8 Å². The van der Waals surface area contributed by atoms with E-state index in [1.807, 2.05) is 24.3 Å². The molecule has 124 valence electrons. The quantitative estimate of drug-likeness (QED) is 0.860. The van der Waals surface area contributed by atoms with Crippen LogP contribution in [-0.4, -0.2) is 49.6 Å². The minimum absolute atomic E-state index is 0.0196. The lowest BCUT2D eigenvalue weighted by Gasteiger charge is -2.20. The molecular formula is C17H21ClN2O3. The molecule has 1 aliphatic heterocycles. The molecule has 1 saturated carbocycles. The third kappa shape index (κ3) is 3.35. The normalized spacial score (nSPS) is 22.3. The van der Waals surface area contributed by atoms with Gasteiger partial charge in [-0.25, -0.2) is 0 Å². The summed E-state index contributed by atoms with van der Waals surface area (Å²) in [4.78, 5) is 26.4. The zero-order chi connectivity index (χ0) is 16.4. The van der Waals surface area contributed by atoms with Crippen molar-refractivity contribution in [1.82, 2.24) is 10.2 Å². The van der Waals surface area contributed by atoms with Gasteiger partial charge in [0.2, 0.25) is 11.8 Å². The SMILES string of the molecule is COCCN1CC(NC(=O)C2(c3ccc(Cl)cc3)CC2)CC1=O. The summed E-state index contributed by atoms with van der Waals surface area (Å²) in [7, 11) is 1.61. The van der Waals surface area contributed by atoms with Crippen molar-refractivity contribution in [3.63, 3.8) is 0 Å². The van der Waals surface area contributed by atoms with E-state index in [2.05, 4.69) is 5.32 Å². The fourth-order valence-corrected chi connectivity index (χ4v) is 3.28. The van der Waals surface area contributed by atoms with E-state index in [4.69, 9.17) is 16.3 Å². The average molecular weight is 337 g/mol. The van der Waals surface area contributed by atoms with Crippen LogP contribution in [-0.2, 0) is 19.7 Å². The Labute approximate surface area is 140 Å². The second kappa shape index (κ2) is 6.49. The summed E-state index contributed by atoms with van der Waals surface area (Å²) in [5.74, 6) is 0.0925. The molecule has 0 spiro atoms. The number of benzene rings is 1. The first kappa shape index (κ1) is 16.3. The molecule has 2 fully saturated rings. The Hall–Kier alpha value is -1.59. The van der Waals surface area contributed by atoms with E-state index in [9.17, 15) is 9.59 Å². The summed E-state index contributed by atoms with van der Waals surface area (Å²) >= 11 is 5.92. The summed E-state index contributed by atoms with van der Waals surface area (Å²) in [6, 6.07) is 7.35. The van der Waals surface area contributed by atoms with Gasteiger partial charge >= 0.3 is 0 Å². The number of hydrogen-bond donors (Lipinski definition) is 1. The molecule has 1 aliphatic carbocycles. The van der Waals surface area contributed by atoms with E-state index in [1.54, 1.807) is 12.0 Å². The molecule has 1 N–H and O–H groups in total. The monoisotopic (exact) mass is 336 g/mol. The van der Waals surface area contributed by atoms with Gasteiger partial charge in [-0.3, -0.25) is 9.59 Å². The number of rotatable bonds is 6. The molecule has 0 bridgehead atoms. The Morgan fingerprint density at radius 1 is 1.39 bits per heavy atom. The number of carbonyl (C=O) groups excluding carboxylic acids is 2. The molecule has 1 saturated heterocycles. The van der Waals surface area contributed by atoms with Crippen LogP contribution in [0.4, 0.5) is 0 Å². The van der Waals surface area contributed by atoms with Crippen molar-refractivity contribution in [2.45, 2.75) is 30.7 Å². The van der Waals surface area contributed by atoms with Crippen LogP contribution in [0.5, 0.6) is 0 Å². The summed E-state index contributed by atoms with van der Waals surface area (Å²) in [6.45, 7) is 1.65. The number of amides is 2. The van der Waals surface area contributed by atoms with Gasteiger partial charge in [-0.2, -0.15) is 0 Å². The molecule has 1 aromatic carbocycles. The number of nitrogens with one attached hydrogen (secondary N) is 1. The summed E-state index contributed by atoms with van der Waals surface area (Å²) in [5.41, 5.74) is 0.563. The maximum absolute atomic E-state index is 12.7. The lowest BCUT2D eigenvalue weighted by atomic mass is 9.94. The highest BCUT2D eigenvalue weighted by atomic mass is 35.5. The topological polar surface area (TPSA) is 58.6 Å².